The van der Waals surface area contributed by atoms with Crippen molar-refractivity contribution in [2.45, 2.75) is 25.8 Å². The van der Waals surface area contributed by atoms with Gasteiger partial charge in [-0.1, -0.05) is 13.0 Å². The Morgan fingerprint density at radius 2 is 2.00 bits per heavy atom. The maximum atomic E-state index is 13.8. The smallest absolute Gasteiger partial charge is 0.325 e. The van der Waals surface area contributed by atoms with Crippen molar-refractivity contribution in [2.75, 3.05) is 13.1 Å². The minimum atomic E-state index is -1.10. The predicted molar refractivity (Wildman–Crippen MR) is 66.7 cm³/mol. The van der Waals surface area contributed by atoms with Gasteiger partial charge in [0.2, 0.25) is 0 Å². The van der Waals surface area contributed by atoms with Crippen molar-refractivity contribution in [1.29, 1.82) is 0 Å². The molecule has 5 heteroatoms. The summed E-state index contributed by atoms with van der Waals surface area (Å²) in [6.07, 6.45) is 1.79. The average molecular weight is 269 g/mol. The fourth-order valence-electron chi connectivity index (χ4n) is 2.50. The minimum Gasteiger partial charge on any atom is -0.480 e. The Bertz CT molecular complexity index is 471. The first-order chi connectivity index (χ1) is 8.99. The second kappa shape index (κ2) is 5.65. The van der Waals surface area contributed by atoms with Crippen molar-refractivity contribution in [3.63, 3.8) is 0 Å². The quantitative estimate of drug-likeness (QED) is 0.917. The molecule has 3 nitrogen and oxygen atoms in total. The minimum absolute atomic E-state index is 0.0310. The number of carbonyl (C=O) groups is 1. The highest BCUT2D eigenvalue weighted by atomic mass is 19.1. The van der Waals surface area contributed by atoms with E-state index in [9.17, 15) is 18.7 Å². The average Bonchev–Trinajstić information content (AvgIpc) is 2.34. The molecule has 1 fully saturated rings. The molecule has 0 aromatic heterocycles. The van der Waals surface area contributed by atoms with Gasteiger partial charge in [0, 0.05) is 11.6 Å². The van der Waals surface area contributed by atoms with Crippen LogP contribution in [0.25, 0.3) is 0 Å². The van der Waals surface area contributed by atoms with Crippen LogP contribution in [0.1, 0.15) is 31.4 Å². The van der Waals surface area contributed by atoms with Gasteiger partial charge in [0.05, 0.1) is 0 Å². The predicted octanol–water partition coefficient (Wildman–Crippen LogP) is 2.82. The zero-order valence-corrected chi connectivity index (χ0v) is 10.8. The van der Waals surface area contributed by atoms with E-state index in [1.165, 1.54) is 6.07 Å². The molecule has 19 heavy (non-hydrogen) atoms. The summed E-state index contributed by atoms with van der Waals surface area (Å²) >= 11 is 0. The Morgan fingerprint density at radius 1 is 1.37 bits per heavy atom. The van der Waals surface area contributed by atoms with E-state index < -0.39 is 23.6 Å². The molecule has 104 valence electrons. The van der Waals surface area contributed by atoms with E-state index in [4.69, 9.17) is 0 Å². The van der Waals surface area contributed by atoms with Crippen LogP contribution in [0, 0.1) is 17.6 Å². The number of likely N-dealkylation sites (tertiary alicyclic amines) is 1. The lowest BCUT2D eigenvalue weighted by atomic mass is 9.95. The summed E-state index contributed by atoms with van der Waals surface area (Å²) in [7, 11) is 0. The summed E-state index contributed by atoms with van der Waals surface area (Å²) in [5.74, 6) is -2.03. The Balaban J connectivity index is 2.27. The van der Waals surface area contributed by atoms with Crippen LogP contribution in [0.4, 0.5) is 8.78 Å². The highest BCUT2D eigenvalue weighted by Gasteiger charge is 2.31. The van der Waals surface area contributed by atoms with Crippen LogP contribution in [0.5, 0.6) is 0 Å². The van der Waals surface area contributed by atoms with Gasteiger partial charge in [-0.2, -0.15) is 0 Å². The Morgan fingerprint density at radius 3 is 2.53 bits per heavy atom. The van der Waals surface area contributed by atoms with E-state index in [2.05, 4.69) is 6.92 Å². The second-order valence-corrected chi connectivity index (χ2v) is 5.13. The van der Waals surface area contributed by atoms with Gasteiger partial charge in [-0.3, -0.25) is 9.69 Å². The first-order valence-corrected chi connectivity index (χ1v) is 6.41. The van der Waals surface area contributed by atoms with Gasteiger partial charge in [0.25, 0.3) is 0 Å². The molecule has 1 atom stereocenters. The van der Waals surface area contributed by atoms with Gasteiger partial charge in [-0.05, 0) is 37.9 Å². The largest absolute Gasteiger partial charge is 0.480 e. The molecule has 1 aliphatic rings. The van der Waals surface area contributed by atoms with Gasteiger partial charge >= 0.3 is 5.97 Å². The lowest BCUT2D eigenvalue weighted by molar-refractivity contribution is -0.144. The number of benzene rings is 1. The molecular weight excluding hydrogens is 252 g/mol. The number of piperidine rings is 1. The van der Waals surface area contributed by atoms with E-state index >= 15 is 0 Å². The summed E-state index contributed by atoms with van der Waals surface area (Å²) in [6.45, 7) is 3.36. The lowest BCUT2D eigenvalue weighted by Crippen LogP contribution is -2.40. The molecule has 0 radical (unpaired) electrons. The van der Waals surface area contributed by atoms with Crippen LogP contribution in [0.3, 0.4) is 0 Å². The van der Waals surface area contributed by atoms with E-state index in [1.807, 2.05) is 0 Å². The number of carboxylic acids is 1. The molecule has 1 unspecified atom stereocenters. The van der Waals surface area contributed by atoms with Crippen LogP contribution in [0.2, 0.25) is 0 Å². The number of rotatable bonds is 3. The molecule has 1 saturated heterocycles. The molecule has 0 spiro atoms. The number of halogens is 2. The summed E-state index contributed by atoms with van der Waals surface area (Å²) in [5, 5.41) is 9.34. The van der Waals surface area contributed by atoms with Gasteiger partial charge in [-0.15, -0.1) is 0 Å². The molecule has 1 aromatic carbocycles. The topological polar surface area (TPSA) is 40.5 Å². The molecule has 1 aromatic rings. The lowest BCUT2D eigenvalue weighted by Gasteiger charge is -2.34. The molecule has 0 saturated carbocycles. The van der Waals surface area contributed by atoms with Crippen LogP contribution in [-0.2, 0) is 4.79 Å². The van der Waals surface area contributed by atoms with Gasteiger partial charge in [0.1, 0.15) is 17.7 Å². The van der Waals surface area contributed by atoms with Crippen molar-refractivity contribution < 1.29 is 18.7 Å². The van der Waals surface area contributed by atoms with E-state index in [1.54, 1.807) is 4.90 Å². The first kappa shape index (κ1) is 13.9. The Labute approximate surface area is 110 Å². The summed E-state index contributed by atoms with van der Waals surface area (Å²) < 4.78 is 26.7. The third-order valence-electron chi connectivity index (χ3n) is 3.67. The Hall–Kier alpha value is -1.49. The second-order valence-electron chi connectivity index (χ2n) is 5.13. The number of hydrogen-bond donors (Lipinski definition) is 1. The molecule has 1 aliphatic heterocycles. The van der Waals surface area contributed by atoms with Crippen molar-refractivity contribution in [2.24, 2.45) is 5.92 Å². The van der Waals surface area contributed by atoms with Gasteiger partial charge < -0.3 is 5.11 Å². The maximum Gasteiger partial charge on any atom is 0.325 e. The molecular formula is C14H17F2NO2. The van der Waals surface area contributed by atoms with E-state index in [0.717, 1.165) is 25.0 Å². The number of hydrogen-bond acceptors (Lipinski definition) is 2. The number of nitrogens with zero attached hydrogens (tertiary/aromatic N) is 1. The molecule has 0 aliphatic carbocycles. The highest BCUT2D eigenvalue weighted by molar-refractivity contribution is 5.75. The van der Waals surface area contributed by atoms with E-state index in [0.29, 0.717) is 19.0 Å². The highest BCUT2D eigenvalue weighted by Crippen LogP contribution is 2.28. The third kappa shape index (κ3) is 3.10. The number of carboxylic acid groups (broad SMARTS) is 1. The summed E-state index contributed by atoms with van der Waals surface area (Å²) in [5.41, 5.74) is 0.0310. The van der Waals surface area contributed by atoms with Crippen molar-refractivity contribution in [1.82, 2.24) is 4.90 Å². The molecule has 0 bridgehead atoms. The zero-order valence-electron chi connectivity index (χ0n) is 10.8. The summed E-state index contributed by atoms with van der Waals surface area (Å²) in [4.78, 5) is 13.2. The standard InChI is InChI=1S/C14H17F2NO2/c1-9-4-6-17(7-5-9)13(14(18)19)11-3-2-10(15)8-12(11)16/h2-3,8-9,13H,4-7H2,1H3,(H,18,19). The molecule has 2 rings (SSSR count). The SMILES string of the molecule is CC1CCN(C(C(=O)O)c2ccc(F)cc2F)CC1. The van der Waals surface area contributed by atoms with Crippen LogP contribution < -0.4 is 0 Å². The molecule has 0 amide bonds. The van der Waals surface area contributed by atoms with Crippen molar-refractivity contribution >= 4 is 5.97 Å². The van der Waals surface area contributed by atoms with Crippen LogP contribution >= 0.6 is 0 Å². The first-order valence-electron chi connectivity index (χ1n) is 6.41. The fourth-order valence-corrected chi connectivity index (χ4v) is 2.50. The normalized spacial score (nSPS) is 19.3. The van der Waals surface area contributed by atoms with Crippen molar-refractivity contribution in [3.05, 3.63) is 35.4 Å². The third-order valence-corrected chi connectivity index (χ3v) is 3.67. The van der Waals surface area contributed by atoms with Gasteiger partial charge in [-0.25, -0.2) is 8.78 Å². The van der Waals surface area contributed by atoms with Crippen LogP contribution in [0.15, 0.2) is 18.2 Å². The zero-order chi connectivity index (χ0) is 14.0. The van der Waals surface area contributed by atoms with E-state index in [-0.39, 0.29) is 5.56 Å². The molecule has 1 N–H and O–H groups in total. The van der Waals surface area contributed by atoms with Crippen LogP contribution in [-0.4, -0.2) is 29.1 Å². The number of aliphatic carboxylic acids is 1. The van der Waals surface area contributed by atoms with Gasteiger partial charge in [0.15, 0.2) is 0 Å². The summed E-state index contributed by atoms with van der Waals surface area (Å²) in [6, 6.07) is 2.02. The monoisotopic (exact) mass is 269 g/mol. The van der Waals surface area contributed by atoms with Crippen molar-refractivity contribution in [3.8, 4) is 0 Å². The maximum absolute atomic E-state index is 13.8. The fraction of sp³-hybridized carbons (Fsp3) is 0.500. The molecule has 1 heterocycles. The Kier molecular flexibility index (Phi) is 4.14.